The molecule has 0 aromatic carbocycles. The molecule has 0 atom stereocenters. The predicted octanol–water partition coefficient (Wildman–Crippen LogP) is 6.71. The van der Waals surface area contributed by atoms with E-state index in [1.165, 1.54) is 85.0 Å². The Bertz CT molecular complexity index is 1190. The summed E-state index contributed by atoms with van der Waals surface area (Å²) >= 11 is 0. The monoisotopic (exact) mass is 526 g/mol. The number of aromatic nitrogens is 4. The Morgan fingerprint density at radius 3 is 1.23 bits per heavy atom. The second-order valence-electron chi connectivity index (χ2n) is 10.5. The maximum absolute atomic E-state index is 2.32. The van der Waals surface area contributed by atoms with E-state index in [0.29, 0.717) is 0 Å². The second-order valence-corrected chi connectivity index (χ2v) is 10.5. The summed E-state index contributed by atoms with van der Waals surface area (Å²) in [4.78, 5) is 0. The van der Waals surface area contributed by atoms with Crippen LogP contribution in [0.1, 0.15) is 72.6 Å². The maximum Gasteiger partial charge on any atom is 0.220 e. The van der Waals surface area contributed by atoms with Gasteiger partial charge < -0.3 is 0 Å². The van der Waals surface area contributed by atoms with Crippen molar-refractivity contribution in [3.05, 3.63) is 85.7 Å². The highest BCUT2D eigenvalue weighted by atomic mass is 15.0. The average Bonchev–Trinajstić information content (AvgIpc) is 2.94. The van der Waals surface area contributed by atoms with Crippen LogP contribution < -0.4 is 18.3 Å². The van der Waals surface area contributed by atoms with E-state index in [0.717, 1.165) is 13.1 Å². The second kappa shape index (κ2) is 15.3. The van der Waals surface area contributed by atoms with Gasteiger partial charge in [-0.25, -0.2) is 18.3 Å². The van der Waals surface area contributed by atoms with E-state index in [-0.39, 0.29) is 7.43 Å². The Morgan fingerprint density at radius 1 is 0.487 bits per heavy atom. The highest BCUT2D eigenvalue weighted by Crippen LogP contribution is 2.34. The lowest BCUT2D eigenvalue weighted by Gasteiger charge is -2.10. The molecule has 0 N–H and O–H groups in total. The van der Waals surface area contributed by atoms with Crippen LogP contribution in [0.4, 0.5) is 0 Å². The lowest BCUT2D eigenvalue weighted by atomic mass is 9.95. The van der Waals surface area contributed by atoms with Crippen molar-refractivity contribution in [1.82, 2.24) is 0 Å². The zero-order chi connectivity index (χ0) is 26.7. The first-order valence-corrected chi connectivity index (χ1v) is 14.6. The number of hydrogen-bond acceptors (Lipinski definition) is 0. The molecule has 39 heavy (non-hydrogen) atoms. The molecular weight excluding hydrogens is 476 g/mol. The number of hydrogen-bond donors (Lipinski definition) is 0. The number of pyridine rings is 4. The Labute approximate surface area is 237 Å². The highest BCUT2D eigenvalue weighted by Gasteiger charge is 2.25. The van der Waals surface area contributed by atoms with Crippen molar-refractivity contribution >= 4 is 0 Å². The van der Waals surface area contributed by atoms with Crippen molar-refractivity contribution in [2.75, 3.05) is 0 Å². The molecule has 0 aliphatic rings. The summed E-state index contributed by atoms with van der Waals surface area (Å²) in [6.07, 6.45) is 23.5. The lowest BCUT2D eigenvalue weighted by Crippen LogP contribution is -2.35. The third kappa shape index (κ3) is 7.81. The number of aryl methyl sites for hydroxylation is 4. The minimum Gasteiger partial charge on any atom is -0.205 e. The number of rotatable bonds is 13. The normalized spacial score (nSPS) is 10.9. The van der Waals surface area contributed by atoms with Gasteiger partial charge in [0, 0.05) is 49.2 Å². The largest absolute Gasteiger partial charge is 0.220 e. The Hall–Kier alpha value is -3.40. The number of nitrogens with zero attached hydrogens (tertiary/aromatic N) is 4. The summed E-state index contributed by atoms with van der Waals surface area (Å²) in [5, 5.41) is 0. The fourth-order valence-corrected chi connectivity index (χ4v) is 5.35. The molecule has 4 aromatic rings. The Kier molecular flexibility index (Phi) is 11.8. The van der Waals surface area contributed by atoms with Crippen LogP contribution in [0.15, 0.2) is 85.7 Å². The van der Waals surface area contributed by atoms with Crippen LogP contribution in [-0.4, -0.2) is 0 Å². The molecule has 0 aliphatic carbocycles. The van der Waals surface area contributed by atoms with Gasteiger partial charge in [-0.3, -0.25) is 0 Å². The first kappa shape index (κ1) is 30.1. The van der Waals surface area contributed by atoms with Crippen molar-refractivity contribution in [2.45, 2.75) is 85.7 Å². The van der Waals surface area contributed by atoms with Gasteiger partial charge in [0.25, 0.3) is 0 Å². The molecule has 0 spiro atoms. The first-order valence-electron chi connectivity index (χ1n) is 14.6. The van der Waals surface area contributed by atoms with Crippen molar-refractivity contribution in [2.24, 2.45) is 14.1 Å². The zero-order valence-corrected chi connectivity index (χ0v) is 23.9. The van der Waals surface area contributed by atoms with E-state index in [4.69, 9.17) is 0 Å². The van der Waals surface area contributed by atoms with Crippen molar-refractivity contribution < 1.29 is 18.3 Å². The van der Waals surface area contributed by atoms with Gasteiger partial charge in [0.1, 0.15) is 27.2 Å². The van der Waals surface area contributed by atoms with E-state index in [1.54, 1.807) is 0 Å². The van der Waals surface area contributed by atoms with Gasteiger partial charge in [0.15, 0.2) is 37.2 Å². The fraction of sp³-hybridized carbons (Fsp3) is 0.429. The third-order valence-electron chi connectivity index (χ3n) is 7.52. The minimum absolute atomic E-state index is 0. The molecule has 0 saturated carbocycles. The molecule has 0 radical (unpaired) electrons. The minimum atomic E-state index is 0. The van der Waals surface area contributed by atoms with E-state index in [9.17, 15) is 0 Å². The standard InChI is InChI=1S/C34H46N4.CH4/c1-5-7-9-11-23-37-25-17-29(18-26-37)33-31(15-13-21-35(33)3)32-16-14-22-36(4)34(32)30-19-27-38(28-20-30)24-12-10-8-6-2;/h13-22,25-28H,5-12,23-24H2,1-4H3;1H4/q+4;. The van der Waals surface area contributed by atoms with Crippen molar-refractivity contribution in [3.8, 4) is 33.6 Å². The van der Waals surface area contributed by atoms with Gasteiger partial charge in [-0.1, -0.05) is 47.0 Å². The molecule has 0 bridgehead atoms. The lowest BCUT2D eigenvalue weighted by molar-refractivity contribution is -0.697. The van der Waals surface area contributed by atoms with Crippen molar-refractivity contribution in [3.63, 3.8) is 0 Å². The number of unbranched alkanes of at least 4 members (excludes halogenated alkanes) is 6. The van der Waals surface area contributed by atoms with Crippen LogP contribution >= 0.6 is 0 Å². The van der Waals surface area contributed by atoms with Crippen LogP contribution in [0.3, 0.4) is 0 Å². The average molecular weight is 527 g/mol. The van der Waals surface area contributed by atoms with Crippen molar-refractivity contribution in [1.29, 1.82) is 0 Å². The zero-order valence-electron chi connectivity index (χ0n) is 23.9. The predicted molar refractivity (Wildman–Crippen MR) is 161 cm³/mol. The van der Waals surface area contributed by atoms with Gasteiger partial charge in [-0.15, -0.1) is 0 Å². The van der Waals surface area contributed by atoms with Crippen LogP contribution in [0.25, 0.3) is 33.6 Å². The molecule has 4 heteroatoms. The van der Waals surface area contributed by atoms with Crippen LogP contribution in [0.5, 0.6) is 0 Å². The van der Waals surface area contributed by atoms with Gasteiger partial charge >= 0.3 is 0 Å². The molecule has 4 aromatic heterocycles. The van der Waals surface area contributed by atoms with Crippen LogP contribution in [0, 0.1) is 0 Å². The maximum atomic E-state index is 2.32. The van der Waals surface area contributed by atoms with Gasteiger partial charge in [0.2, 0.25) is 11.4 Å². The fourth-order valence-electron chi connectivity index (χ4n) is 5.35. The topological polar surface area (TPSA) is 15.5 Å². The van der Waals surface area contributed by atoms with Gasteiger partial charge in [-0.2, -0.15) is 0 Å². The molecule has 0 unspecified atom stereocenters. The molecular formula is C35H50N4+4. The molecule has 4 heterocycles. The Morgan fingerprint density at radius 2 is 0.872 bits per heavy atom. The summed E-state index contributed by atoms with van der Waals surface area (Å²) < 4.78 is 9.14. The molecule has 206 valence electrons. The summed E-state index contributed by atoms with van der Waals surface area (Å²) in [6.45, 7) is 6.70. The molecule has 4 nitrogen and oxygen atoms in total. The van der Waals surface area contributed by atoms with Crippen LogP contribution in [0.2, 0.25) is 0 Å². The highest BCUT2D eigenvalue weighted by molar-refractivity contribution is 5.85. The van der Waals surface area contributed by atoms with E-state index in [1.807, 2.05) is 0 Å². The summed E-state index contributed by atoms with van der Waals surface area (Å²) in [5.41, 5.74) is 7.45. The smallest absolute Gasteiger partial charge is 0.205 e. The summed E-state index contributed by atoms with van der Waals surface area (Å²) in [7, 11) is 4.30. The molecule has 0 saturated heterocycles. The summed E-state index contributed by atoms with van der Waals surface area (Å²) in [5.74, 6) is 0. The van der Waals surface area contributed by atoms with E-state index < -0.39 is 0 Å². The molecule has 0 amide bonds. The van der Waals surface area contributed by atoms with E-state index >= 15 is 0 Å². The quantitative estimate of drug-likeness (QED) is 0.136. The van der Waals surface area contributed by atoms with E-state index in [2.05, 4.69) is 132 Å². The SMILES string of the molecule is C.CCCCCC[n+]1ccc(-c2c(-c3ccc[n+](C)c3-c3cc[n+](CCCCCC)cc3)ccc[n+]2C)cc1. The molecule has 0 aliphatic heterocycles. The molecule has 4 rings (SSSR count). The summed E-state index contributed by atoms with van der Waals surface area (Å²) in [6, 6.07) is 17.9. The molecule has 0 fully saturated rings. The van der Waals surface area contributed by atoms with Crippen LogP contribution in [-0.2, 0) is 27.2 Å². The van der Waals surface area contributed by atoms with Gasteiger partial charge in [-0.05, 0) is 25.0 Å². The van der Waals surface area contributed by atoms with Gasteiger partial charge in [0.05, 0.1) is 22.3 Å². The third-order valence-corrected chi connectivity index (χ3v) is 7.52. The Balaban J connectivity index is 0.00000420. The first-order chi connectivity index (χ1) is 18.6.